The number of nitrogens with one attached hydrogen (secondary N) is 1. The molecule has 21 heavy (non-hydrogen) atoms. The molecule has 0 fully saturated rings. The van der Waals surface area contributed by atoms with Gasteiger partial charge >= 0.3 is 0 Å². The van der Waals surface area contributed by atoms with Gasteiger partial charge < -0.3 is 4.74 Å². The van der Waals surface area contributed by atoms with Crippen molar-refractivity contribution < 1.29 is 4.74 Å². The second kappa shape index (κ2) is 7.80. The molecule has 1 atom stereocenters. The van der Waals surface area contributed by atoms with Crippen LogP contribution in [-0.2, 0) is 12.8 Å². The van der Waals surface area contributed by atoms with Crippen molar-refractivity contribution in [2.45, 2.75) is 18.9 Å². The lowest BCUT2D eigenvalue weighted by molar-refractivity contribution is 0.414. The molecule has 0 bridgehead atoms. The maximum absolute atomic E-state index is 6.26. The summed E-state index contributed by atoms with van der Waals surface area (Å²) in [5.74, 6) is 6.53. The molecule has 0 radical (unpaired) electrons. The highest BCUT2D eigenvalue weighted by atomic mass is 79.9. The van der Waals surface area contributed by atoms with E-state index in [1.807, 2.05) is 42.5 Å². The molecule has 0 aromatic heterocycles. The van der Waals surface area contributed by atoms with Gasteiger partial charge in [-0.15, -0.1) is 0 Å². The van der Waals surface area contributed by atoms with E-state index >= 15 is 0 Å². The zero-order chi connectivity index (χ0) is 15.2. The van der Waals surface area contributed by atoms with E-state index in [1.54, 1.807) is 7.11 Å². The lowest BCUT2D eigenvalue weighted by atomic mass is 9.99. The van der Waals surface area contributed by atoms with Gasteiger partial charge in [-0.3, -0.25) is 11.3 Å². The first kappa shape index (κ1) is 16.3. The van der Waals surface area contributed by atoms with Crippen LogP contribution in [0.5, 0.6) is 5.75 Å². The molecule has 0 saturated heterocycles. The van der Waals surface area contributed by atoms with Crippen LogP contribution in [0.1, 0.15) is 11.1 Å². The van der Waals surface area contributed by atoms with Crippen molar-refractivity contribution in [1.82, 2.24) is 5.43 Å². The fourth-order valence-corrected chi connectivity index (χ4v) is 2.94. The summed E-state index contributed by atoms with van der Waals surface area (Å²) in [5.41, 5.74) is 5.15. The molecule has 0 aliphatic heterocycles. The van der Waals surface area contributed by atoms with Crippen LogP contribution < -0.4 is 16.0 Å². The van der Waals surface area contributed by atoms with Crippen molar-refractivity contribution in [3.8, 4) is 5.75 Å². The van der Waals surface area contributed by atoms with Crippen LogP contribution in [0.15, 0.2) is 46.9 Å². The van der Waals surface area contributed by atoms with Gasteiger partial charge in [-0.05, 0) is 48.2 Å². The van der Waals surface area contributed by atoms with Crippen LogP contribution in [0.4, 0.5) is 0 Å². The number of hydrazine groups is 1. The number of nitrogens with two attached hydrogens (primary N) is 1. The van der Waals surface area contributed by atoms with Crippen LogP contribution >= 0.6 is 27.5 Å². The molecule has 2 aromatic carbocycles. The van der Waals surface area contributed by atoms with Gasteiger partial charge in [0.25, 0.3) is 0 Å². The lowest BCUT2D eigenvalue weighted by Crippen LogP contribution is -2.38. The van der Waals surface area contributed by atoms with E-state index in [1.165, 1.54) is 5.56 Å². The fraction of sp³-hybridized carbons (Fsp3) is 0.250. The van der Waals surface area contributed by atoms with E-state index in [4.69, 9.17) is 22.2 Å². The van der Waals surface area contributed by atoms with Gasteiger partial charge in [0.05, 0.1) is 7.11 Å². The van der Waals surface area contributed by atoms with Crippen molar-refractivity contribution in [1.29, 1.82) is 0 Å². The number of methoxy groups -OCH3 is 1. The Labute approximate surface area is 138 Å². The number of hydrogen-bond donors (Lipinski definition) is 2. The van der Waals surface area contributed by atoms with Crippen molar-refractivity contribution in [2.24, 2.45) is 5.84 Å². The number of ether oxygens (including phenoxy) is 1. The Balaban J connectivity index is 2.05. The first-order chi connectivity index (χ1) is 10.1. The van der Waals surface area contributed by atoms with Gasteiger partial charge in [0.2, 0.25) is 0 Å². The van der Waals surface area contributed by atoms with E-state index < -0.39 is 0 Å². The summed E-state index contributed by atoms with van der Waals surface area (Å²) in [6, 6.07) is 14.0. The van der Waals surface area contributed by atoms with Crippen LogP contribution in [0.2, 0.25) is 5.02 Å². The lowest BCUT2D eigenvalue weighted by Gasteiger charge is -2.17. The van der Waals surface area contributed by atoms with E-state index in [0.717, 1.165) is 33.6 Å². The number of rotatable bonds is 6. The molecule has 0 aliphatic rings. The predicted octanol–water partition coefficient (Wildman–Crippen LogP) is 3.73. The van der Waals surface area contributed by atoms with Gasteiger partial charge in [-0.1, -0.05) is 45.7 Å². The van der Waals surface area contributed by atoms with Crippen LogP contribution in [0.3, 0.4) is 0 Å². The van der Waals surface area contributed by atoms with Crippen molar-refractivity contribution in [2.75, 3.05) is 7.11 Å². The smallest absolute Gasteiger partial charge is 0.118 e. The molecule has 0 saturated carbocycles. The Morgan fingerprint density at radius 1 is 1.19 bits per heavy atom. The zero-order valence-corrected chi connectivity index (χ0v) is 14.1. The van der Waals surface area contributed by atoms with E-state index in [2.05, 4.69) is 21.4 Å². The van der Waals surface area contributed by atoms with Crippen LogP contribution in [0.25, 0.3) is 0 Å². The average Bonchev–Trinajstić information content (AvgIpc) is 2.49. The highest BCUT2D eigenvalue weighted by molar-refractivity contribution is 9.10. The standard InChI is InChI=1S/C16H18BrClN2O/c1-21-15-6-2-11(3-7-15)8-14(20-19)9-12-4-5-13(17)10-16(12)18/h2-7,10,14,20H,8-9,19H2,1H3. The Hall–Kier alpha value is -1.07. The number of halogens is 2. The van der Waals surface area contributed by atoms with Crippen molar-refractivity contribution in [3.63, 3.8) is 0 Å². The minimum atomic E-state index is 0.122. The summed E-state index contributed by atoms with van der Waals surface area (Å²) in [5, 5.41) is 0.749. The Morgan fingerprint density at radius 2 is 1.90 bits per heavy atom. The van der Waals surface area contributed by atoms with Gasteiger partial charge in [-0.25, -0.2) is 0 Å². The molecule has 0 aliphatic carbocycles. The van der Waals surface area contributed by atoms with Gasteiger partial charge in [0.15, 0.2) is 0 Å². The third kappa shape index (κ3) is 4.71. The van der Waals surface area contributed by atoms with Crippen molar-refractivity contribution >= 4 is 27.5 Å². The van der Waals surface area contributed by atoms with Gasteiger partial charge in [0.1, 0.15) is 5.75 Å². The molecule has 0 spiro atoms. The van der Waals surface area contributed by atoms with E-state index in [-0.39, 0.29) is 6.04 Å². The molecule has 5 heteroatoms. The van der Waals surface area contributed by atoms with Crippen molar-refractivity contribution in [3.05, 3.63) is 63.1 Å². The van der Waals surface area contributed by atoms with Crippen LogP contribution in [-0.4, -0.2) is 13.2 Å². The third-order valence-corrected chi connectivity index (χ3v) is 4.20. The summed E-state index contributed by atoms with van der Waals surface area (Å²) in [4.78, 5) is 0. The van der Waals surface area contributed by atoms with Crippen LogP contribution in [0, 0.1) is 0 Å². The minimum absolute atomic E-state index is 0.122. The molecule has 0 heterocycles. The zero-order valence-electron chi connectivity index (χ0n) is 11.8. The largest absolute Gasteiger partial charge is 0.497 e. The highest BCUT2D eigenvalue weighted by Crippen LogP contribution is 2.23. The maximum Gasteiger partial charge on any atom is 0.118 e. The second-order valence-corrected chi connectivity index (χ2v) is 6.18. The van der Waals surface area contributed by atoms with E-state index in [9.17, 15) is 0 Å². The minimum Gasteiger partial charge on any atom is -0.497 e. The monoisotopic (exact) mass is 368 g/mol. The second-order valence-electron chi connectivity index (χ2n) is 4.86. The van der Waals surface area contributed by atoms with Gasteiger partial charge in [-0.2, -0.15) is 0 Å². The topological polar surface area (TPSA) is 47.3 Å². The molecular weight excluding hydrogens is 352 g/mol. The Bertz CT molecular complexity index is 589. The van der Waals surface area contributed by atoms with E-state index in [0.29, 0.717) is 0 Å². The summed E-state index contributed by atoms with van der Waals surface area (Å²) in [7, 11) is 1.66. The molecule has 112 valence electrons. The Morgan fingerprint density at radius 3 is 2.48 bits per heavy atom. The molecule has 3 nitrogen and oxygen atoms in total. The predicted molar refractivity (Wildman–Crippen MR) is 90.7 cm³/mol. The fourth-order valence-electron chi connectivity index (χ4n) is 2.19. The average molecular weight is 370 g/mol. The number of hydrogen-bond acceptors (Lipinski definition) is 3. The summed E-state index contributed by atoms with van der Waals surface area (Å²) in [6.07, 6.45) is 1.60. The number of benzene rings is 2. The van der Waals surface area contributed by atoms with Gasteiger partial charge in [0, 0.05) is 15.5 Å². The molecule has 3 N–H and O–H groups in total. The molecule has 1 unspecified atom stereocenters. The quantitative estimate of drug-likeness (QED) is 0.602. The highest BCUT2D eigenvalue weighted by Gasteiger charge is 2.11. The summed E-state index contributed by atoms with van der Waals surface area (Å²) in [6.45, 7) is 0. The first-order valence-corrected chi connectivity index (χ1v) is 7.82. The summed E-state index contributed by atoms with van der Waals surface area (Å²) >= 11 is 9.67. The molecule has 0 amide bonds. The SMILES string of the molecule is COc1ccc(CC(Cc2ccc(Br)cc2Cl)NN)cc1. The molecular formula is C16H18BrClN2O. The first-order valence-electron chi connectivity index (χ1n) is 6.65. The normalized spacial score (nSPS) is 12.2. The molecule has 2 aromatic rings. The Kier molecular flexibility index (Phi) is 6.06. The summed E-state index contributed by atoms with van der Waals surface area (Å²) < 4.78 is 6.14. The maximum atomic E-state index is 6.26. The molecule has 2 rings (SSSR count). The third-order valence-electron chi connectivity index (χ3n) is 3.36.